The maximum Gasteiger partial charge on any atom is 0.321 e. The average Bonchev–Trinajstić information content (AvgIpc) is 1.63. The molecule has 0 saturated heterocycles. The number of hydrogen-bond donors (Lipinski definition) is 3. The molecule has 0 heterocycles. The maximum atomic E-state index is 9.85. The Morgan fingerprint density at radius 1 is 1.44 bits per heavy atom. The molecule has 5 nitrogen and oxygen atoms in total. The molecule has 0 amide bonds. The Bertz CT molecular complexity index is 133. The molecule has 0 saturated carbocycles. The van der Waals surface area contributed by atoms with Crippen LogP contribution < -0.4 is 5.73 Å². The summed E-state index contributed by atoms with van der Waals surface area (Å²) in [5.41, 5.74) is 4.84. The van der Waals surface area contributed by atoms with Gasteiger partial charge < -0.3 is 15.9 Å². The molecule has 0 rings (SSSR count). The standard InChI is InChI=1S/C4H7NO4/c5-2(4(8)9)1-3(6)7/h2H,1,5H2,(H,6,7)(H,8,9)/t2-/m0/s1/i1+1,3+1,4+1. The molecule has 0 aromatic rings. The van der Waals surface area contributed by atoms with Crippen LogP contribution in [0.15, 0.2) is 0 Å². The van der Waals surface area contributed by atoms with Crippen molar-refractivity contribution in [2.24, 2.45) is 5.73 Å². The minimum atomic E-state index is -1.29. The lowest BCUT2D eigenvalue weighted by molar-refractivity contribution is -0.144. The summed E-state index contributed by atoms with van der Waals surface area (Å²) in [6.45, 7) is 0. The molecule has 0 aliphatic heterocycles. The van der Waals surface area contributed by atoms with E-state index in [1.807, 2.05) is 0 Å². The Kier molecular flexibility index (Phi) is 2.66. The first-order chi connectivity index (χ1) is 4.04. The number of nitrogens with two attached hydrogens (primary N) is 1. The average molecular weight is 136 g/mol. The van der Waals surface area contributed by atoms with E-state index in [1.54, 1.807) is 0 Å². The van der Waals surface area contributed by atoms with Crippen molar-refractivity contribution in [3.05, 3.63) is 0 Å². The predicted molar refractivity (Wildman–Crippen MR) is 27.9 cm³/mol. The first-order valence-electron chi connectivity index (χ1n) is 2.24. The van der Waals surface area contributed by atoms with Gasteiger partial charge in [-0.1, -0.05) is 0 Å². The number of carboxylic acids is 2. The van der Waals surface area contributed by atoms with Crippen LogP contribution in [0.4, 0.5) is 0 Å². The van der Waals surface area contributed by atoms with Gasteiger partial charge in [0.05, 0.1) is 6.42 Å². The molecule has 0 fully saturated rings. The number of carbonyl (C=O) groups is 2. The minimum absolute atomic E-state index is 0.532. The molecule has 4 N–H and O–H groups in total. The summed E-state index contributed by atoms with van der Waals surface area (Å²) in [6.07, 6.45) is -0.532. The molecule has 0 aromatic heterocycles. The van der Waals surface area contributed by atoms with Crippen LogP contribution in [0, 0.1) is 0 Å². The second-order valence-electron chi connectivity index (χ2n) is 1.54. The molecular weight excluding hydrogens is 129 g/mol. The van der Waals surface area contributed by atoms with E-state index in [0.29, 0.717) is 0 Å². The summed E-state index contributed by atoms with van der Waals surface area (Å²) >= 11 is 0. The molecule has 0 radical (unpaired) electrons. The molecule has 52 valence electrons. The zero-order valence-electron chi connectivity index (χ0n) is 4.57. The number of carboxylic acid groups (broad SMARTS) is 2. The van der Waals surface area contributed by atoms with Crippen molar-refractivity contribution in [1.82, 2.24) is 0 Å². The van der Waals surface area contributed by atoms with Gasteiger partial charge in [0.15, 0.2) is 0 Å². The summed E-state index contributed by atoms with van der Waals surface area (Å²) in [6, 6.07) is -1.29. The highest BCUT2D eigenvalue weighted by Gasteiger charge is 2.14. The summed E-state index contributed by atoms with van der Waals surface area (Å²) in [7, 11) is 0. The van der Waals surface area contributed by atoms with Gasteiger partial charge in [0.25, 0.3) is 0 Å². The van der Waals surface area contributed by atoms with E-state index in [0.717, 1.165) is 0 Å². The van der Waals surface area contributed by atoms with Crippen molar-refractivity contribution in [3.63, 3.8) is 0 Å². The molecule has 5 heteroatoms. The van der Waals surface area contributed by atoms with Gasteiger partial charge in [0.2, 0.25) is 0 Å². The van der Waals surface area contributed by atoms with Crippen LogP contribution in [0.5, 0.6) is 0 Å². The van der Waals surface area contributed by atoms with Gasteiger partial charge >= 0.3 is 11.9 Å². The largest absolute Gasteiger partial charge is 0.481 e. The summed E-state index contributed by atoms with van der Waals surface area (Å²) in [5.74, 6) is -2.50. The van der Waals surface area contributed by atoms with Crippen LogP contribution in [0.3, 0.4) is 0 Å². The van der Waals surface area contributed by atoms with E-state index >= 15 is 0 Å². The molecule has 0 aliphatic rings. The van der Waals surface area contributed by atoms with Gasteiger partial charge in [-0.25, -0.2) is 0 Å². The number of hydrogen-bond acceptors (Lipinski definition) is 3. The quantitative estimate of drug-likeness (QED) is 0.426. The van der Waals surface area contributed by atoms with Crippen molar-refractivity contribution < 1.29 is 19.8 Å². The molecule has 1 atom stereocenters. The fraction of sp³-hybridized carbons (Fsp3) is 0.500. The molecule has 0 unspecified atom stereocenters. The molecule has 0 spiro atoms. The Hall–Kier alpha value is -1.10. The third-order valence-electron chi connectivity index (χ3n) is 0.712. The highest BCUT2D eigenvalue weighted by molar-refractivity contribution is 5.80. The van der Waals surface area contributed by atoms with Crippen LogP contribution in [-0.2, 0) is 9.59 Å². The van der Waals surface area contributed by atoms with Crippen molar-refractivity contribution in [3.8, 4) is 0 Å². The highest BCUT2D eigenvalue weighted by Crippen LogP contribution is 1.86. The third kappa shape index (κ3) is 3.48. The normalized spacial score (nSPS) is 12.6. The van der Waals surface area contributed by atoms with E-state index in [9.17, 15) is 9.59 Å². The van der Waals surface area contributed by atoms with E-state index < -0.39 is 24.4 Å². The van der Waals surface area contributed by atoms with E-state index in [4.69, 9.17) is 15.9 Å². The van der Waals surface area contributed by atoms with Gasteiger partial charge in [0.1, 0.15) is 6.04 Å². The maximum absolute atomic E-state index is 9.85. The van der Waals surface area contributed by atoms with Crippen LogP contribution in [-0.4, -0.2) is 28.2 Å². The number of rotatable bonds is 3. The van der Waals surface area contributed by atoms with Gasteiger partial charge in [-0.3, -0.25) is 9.59 Å². The first-order valence-corrected chi connectivity index (χ1v) is 2.24. The van der Waals surface area contributed by atoms with Crippen molar-refractivity contribution >= 4 is 11.9 Å². The fourth-order valence-corrected chi connectivity index (χ4v) is 0.275. The summed E-state index contributed by atoms with van der Waals surface area (Å²) < 4.78 is 0. The Labute approximate surface area is 51.1 Å². The van der Waals surface area contributed by atoms with Gasteiger partial charge in [-0.15, -0.1) is 0 Å². The molecule has 0 aromatic carbocycles. The van der Waals surface area contributed by atoms with Crippen molar-refractivity contribution in [1.29, 1.82) is 0 Å². The predicted octanol–water partition coefficient (Wildman–Crippen LogP) is -1.13. The van der Waals surface area contributed by atoms with E-state index in [-0.39, 0.29) is 0 Å². The van der Waals surface area contributed by atoms with Crippen LogP contribution in [0.1, 0.15) is 6.42 Å². The van der Waals surface area contributed by atoms with Crippen LogP contribution >= 0.6 is 0 Å². The fourth-order valence-electron chi connectivity index (χ4n) is 0.275. The summed E-state index contributed by atoms with van der Waals surface area (Å²) in [5, 5.41) is 16.0. The lowest BCUT2D eigenvalue weighted by Gasteiger charge is -1.99. The Balaban J connectivity index is 3.63. The lowest BCUT2D eigenvalue weighted by Crippen LogP contribution is -2.32. The van der Waals surface area contributed by atoms with E-state index in [2.05, 4.69) is 0 Å². The second-order valence-corrected chi connectivity index (χ2v) is 1.54. The van der Waals surface area contributed by atoms with Crippen LogP contribution in [0.2, 0.25) is 0 Å². The van der Waals surface area contributed by atoms with Crippen molar-refractivity contribution in [2.45, 2.75) is 12.5 Å². The summed E-state index contributed by atoms with van der Waals surface area (Å²) in [4.78, 5) is 19.6. The van der Waals surface area contributed by atoms with Gasteiger partial charge in [-0.05, 0) is 0 Å². The second kappa shape index (κ2) is 3.03. The smallest absolute Gasteiger partial charge is 0.321 e. The van der Waals surface area contributed by atoms with Crippen LogP contribution in [0.25, 0.3) is 0 Å². The van der Waals surface area contributed by atoms with Gasteiger partial charge in [0, 0.05) is 0 Å². The lowest BCUT2D eigenvalue weighted by atomic mass is 10.7. The number of aliphatic carboxylic acids is 2. The Morgan fingerprint density at radius 2 is 1.89 bits per heavy atom. The highest BCUT2D eigenvalue weighted by atomic mass is 16.5. The molecule has 9 heavy (non-hydrogen) atoms. The zero-order valence-corrected chi connectivity index (χ0v) is 4.57. The molecule has 0 bridgehead atoms. The first kappa shape index (κ1) is 7.90. The zero-order chi connectivity index (χ0) is 7.44. The minimum Gasteiger partial charge on any atom is -0.481 e. The molecular formula is C4H7NO4. The topological polar surface area (TPSA) is 101 Å². The third-order valence-corrected chi connectivity index (χ3v) is 0.712. The monoisotopic (exact) mass is 136 g/mol. The van der Waals surface area contributed by atoms with Crippen molar-refractivity contribution in [2.75, 3.05) is 0 Å². The van der Waals surface area contributed by atoms with Gasteiger partial charge in [-0.2, -0.15) is 0 Å². The molecule has 0 aliphatic carbocycles. The SMILES string of the molecule is N[C@@H]([13CH2][13C](=O)O)[13C](=O)O. The van der Waals surface area contributed by atoms with E-state index in [1.165, 1.54) is 0 Å². The Morgan fingerprint density at radius 3 is 2.00 bits per heavy atom.